The van der Waals surface area contributed by atoms with E-state index in [0.29, 0.717) is 31.3 Å². The van der Waals surface area contributed by atoms with Crippen molar-refractivity contribution >= 4 is 47.4 Å². The average molecular weight is 559 g/mol. The number of aliphatic imine (C=N–C) groups is 1. The molecule has 1 atom stereocenters. The molecule has 12 heteroatoms. The second kappa shape index (κ2) is 10.4. The Labute approximate surface area is 193 Å². The topological polar surface area (TPSA) is 65.4 Å². The minimum absolute atomic E-state index is 0. The molecular formula is C18H20ClF4IN6. The number of anilines is 1. The predicted octanol–water partition coefficient (Wildman–Crippen LogP) is 3.85. The summed E-state index contributed by atoms with van der Waals surface area (Å²) in [5.74, 6) is 0.362. The van der Waals surface area contributed by atoms with Gasteiger partial charge in [-0.3, -0.25) is 9.98 Å². The molecule has 0 saturated carbocycles. The summed E-state index contributed by atoms with van der Waals surface area (Å²) >= 11 is 6.03. The summed E-state index contributed by atoms with van der Waals surface area (Å²) in [4.78, 5) is 13.8. The molecule has 1 fully saturated rings. The lowest BCUT2D eigenvalue weighted by Gasteiger charge is -2.21. The zero-order chi connectivity index (χ0) is 21.0. The smallest absolute Gasteiger partial charge is 0.353 e. The monoisotopic (exact) mass is 558 g/mol. The van der Waals surface area contributed by atoms with E-state index in [1.165, 1.54) is 18.3 Å². The Kier molecular flexibility index (Phi) is 8.47. The summed E-state index contributed by atoms with van der Waals surface area (Å²) < 4.78 is 52.0. The number of pyridine rings is 2. The van der Waals surface area contributed by atoms with Crippen LogP contribution in [0.25, 0.3) is 0 Å². The molecule has 1 aliphatic rings. The summed E-state index contributed by atoms with van der Waals surface area (Å²) in [5.41, 5.74) is -0.615. The summed E-state index contributed by atoms with van der Waals surface area (Å²) in [6, 6.07) is 3.69. The molecule has 2 aromatic rings. The van der Waals surface area contributed by atoms with Gasteiger partial charge in [-0.25, -0.2) is 9.37 Å². The van der Waals surface area contributed by atoms with E-state index in [-0.39, 0.29) is 47.3 Å². The Morgan fingerprint density at radius 3 is 2.77 bits per heavy atom. The molecule has 0 bridgehead atoms. The van der Waals surface area contributed by atoms with Crippen LogP contribution in [0.1, 0.15) is 17.7 Å². The second-order valence-corrected chi connectivity index (χ2v) is 6.87. The second-order valence-electron chi connectivity index (χ2n) is 6.46. The van der Waals surface area contributed by atoms with Gasteiger partial charge in [-0.05, 0) is 24.6 Å². The SMILES string of the molecule is CN=C(NCc1ncccc1F)NC1CCN(c2ncc(C(F)(F)F)cc2Cl)C1.I. The Hall–Kier alpha value is -1.89. The van der Waals surface area contributed by atoms with Gasteiger partial charge in [0.2, 0.25) is 0 Å². The third kappa shape index (κ3) is 6.06. The van der Waals surface area contributed by atoms with Gasteiger partial charge in [0.15, 0.2) is 5.96 Å². The van der Waals surface area contributed by atoms with Crippen LogP contribution in [0.4, 0.5) is 23.4 Å². The van der Waals surface area contributed by atoms with Crippen LogP contribution in [-0.2, 0) is 12.7 Å². The number of nitrogens with one attached hydrogen (secondary N) is 2. The fraction of sp³-hybridized carbons (Fsp3) is 0.389. The highest BCUT2D eigenvalue weighted by molar-refractivity contribution is 14.0. The average Bonchev–Trinajstić information content (AvgIpc) is 3.13. The molecule has 3 heterocycles. The zero-order valence-corrected chi connectivity index (χ0v) is 19.0. The van der Waals surface area contributed by atoms with Crippen molar-refractivity contribution in [3.8, 4) is 0 Å². The van der Waals surface area contributed by atoms with Crippen molar-refractivity contribution in [1.82, 2.24) is 20.6 Å². The molecule has 2 aromatic heterocycles. The van der Waals surface area contributed by atoms with E-state index < -0.39 is 17.6 Å². The van der Waals surface area contributed by atoms with Gasteiger partial charge in [0.05, 0.1) is 22.8 Å². The van der Waals surface area contributed by atoms with Gasteiger partial charge < -0.3 is 15.5 Å². The van der Waals surface area contributed by atoms with E-state index in [1.807, 2.05) is 4.90 Å². The summed E-state index contributed by atoms with van der Waals surface area (Å²) in [6.07, 6.45) is -1.50. The van der Waals surface area contributed by atoms with Crippen molar-refractivity contribution in [2.75, 3.05) is 25.0 Å². The van der Waals surface area contributed by atoms with Crippen LogP contribution in [-0.4, -0.2) is 42.1 Å². The minimum atomic E-state index is -4.49. The lowest BCUT2D eigenvalue weighted by Crippen LogP contribution is -2.44. The largest absolute Gasteiger partial charge is 0.417 e. The van der Waals surface area contributed by atoms with Crippen molar-refractivity contribution in [2.45, 2.75) is 25.2 Å². The summed E-state index contributed by atoms with van der Waals surface area (Å²) in [6.45, 7) is 1.22. The summed E-state index contributed by atoms with van der Waals surface area (Å²) in [5, 5.41) is 6.15. The van der Waals surface area contributed by atoms with Crippen molar-refractivity contribution in [3.63, 3.8) is 0 Å². The van der Waals surface area contributed by atoms with Gasteiger partial charge in [0.25, 0.3) is 0 Å². The quantitative estimate of drug-likeness (QED) is 0.258. The fourth-order valence-electron chi connectivity index (χ4n) is 2.99. The molecule has 0 aliphatic carbocycles. The first kappa shape index (κ1) is 24.4. The van der Waals surface area contributed by atoms with Crippen LogP contribution in [0, 0.1) is 5.82 Å². The predicted molar refractivity (Wildman–Crippen MR) is 118 cm³/mol. The Morgan fingerprint density at radius 1 is 1.37 bits per heavy atom. The van der Waals surface area contributed by atoms with Crippen molar-refractivity contribution in [2.24, 2.45) is 4.99 Å². The molecule has 6 nitrogen and oxygen atoms in total. The number of hydrogen-bond acceptors (Lipinski definition) is 4. The molecule has 2 N–H and O–H groups in total. The third-order valence-corrected chi connectivity index (χ3v) is 4.74. The number of rotatable bonds is 4. The fourth-order valence-corrected chi connectivity index (χ4v) is 3.28. The van der Waals surface area contributed by atoms with Gasteiger partial charge in [-0.15, -0.1) is 24.0 Å². The maximum Gasteiger partial charge on any atom is 0.417 e. The molecule has 0 spiro atoms. The van der Waals surface area contributed by atoms with E-state index in [4.69, 9.17) is 11.6 Å². The van der Waals surface area contributed by atoms with E-state index in [0.717, 1.165) is 12.3 Å². The van der Waals surface area contributed by atoms with E-state index >= 15 is 0 Å². The van der Waals surface area contributed by atoms with Gasteiger partial charge in [0.1, 0.15) is 11.6 Å². The number of nitrogens with zero attached hydrogens (tertiary/aromatic N) is 4. The van der Waals surface area contributed by atoms with Crippen molar-refractivity contribution in [1.29, 1.82) is 0 Å². The van der Waals surface area contributed by atoms with Gasteiger partial charge in [-0.1, -0.05) is 11.6 Å². The Morgan fingerprint density at radius 2 is 2.13 bits per heavy atom. The number of guanidine groups is 1. The highest BCUT2D eigenvalue weighted by Crippen LogP contribution is 2.34. The molecule has 0 aromatic carbocycles. The molecule has 1 saturated heterocycles. The molecule has 164 valence electrons. The zero-order valence-electron chi connectivity index (χ0n) is 15.9. The number of alkyl halides is 3. The first-order chi connectivity index (χ1) is 13.8. The van der Waals surface area contributed by atoms with Gasteiger partial charge in [0, 0.05) is 38.6 Å². The standard InChI is InChI=1S/C18H19ClF4N6.HI/c1-24-17(27-9-15-14(20)3-2-5-25-15)28-12-4-6-29(10-12)16-13(19)7-11(8-26-16)18(21,22)23;/h2-3,5,7-8,12H,4,6,9-10H2,1H3,(H2,24,27,28);1H. The van der Waals surface area contributed by atoms with Gasteiger partial charge in [-0.2, -0.15) is 13.2 Å². The van der Waals surface area contributed by atoms with Crippen LogP contribution >= 0.6 is 35.6 Å². The molecule has 1 aliphatic heterocycles. The summed E-state index contributed by atoms with van der Waals surface area (Å²) in [7, 11) is 1.59. The van der Waals surface area contributed by atoms with Crippen LogP contribution in [0.5, 0.6) is 0 Å². The maximum absolute atomic E-state index is 13.7. The van der Waals surface area contributed by atoms with Crippen LogP contribution in [0.3, 0.4) is 0 Å². The highest BCUT2D eigenvalue weighted by Gasteiger charge is 2.33. The van der Waals surface area contributed by atoms with Crippen molar-refractivity contribution in [3.05, 3.63) is 52.7 Å². The molecular weight excluding hydrogens is 539 g/mol. The van der Waals surface area contributed by atoms with Crippen LogP contribution < -0.4 is 15.5 Å². The third-order valence-electron chi connectivity index (χ3n) is 4.46. The molecule has 30 heavy (non-hydrogen) atoms. The van der Waals surface area contributed by atoms with E-state index in [2.05, 4.69) is 25.6 Å². The molecule has 3 rings (SSSR count). The molecule has 0 radical (unpaired) electrons. The van der Waals surface area contributed by atoms with Crippen LogP contribution in [0.15, 0.2) is 35.6 Å². The van der Waals surface area contributed by atoms with E-state index in [1.54, 1.807) is 7.05 Å². The lowest BCUT2D eigenvalue weighted by molar-refractivity contribution is -0.137. The first-order valence-corrected chi connectivity index (χ1v) is 9.20. The molecule has 1 unspecified atom stereocenters. The van der Waals surface area contributed by atoms with Crippen LogP contribution in [0.2, 0.25) is 5.02 Å². The lowest BCUT2D eigenvalue weighted by atomic mass is 10.2. The van der Waals surface area contributed by atoms with Gasteiger partial charge >= 0.3 is 6.18 Å². The minimum Gasteiger partial charge on any atom is -0.353 e. The Balaban J connectivity index is 0.00000320. The number of aromatic nitrogens is 2. The number of hydrogen-bond donors (Lipinski definition) is 2. The van der Waals surface area contributed by atoms with E-state index in [9.17, 15) is 17.6 Å². The molecule has 0 amide bonds. The normalized spacial score (nSPS) is 16.9. The number of halogens is 6. The Bertz CT molecular complexity index is 895. The first-order valence-electron chi connectivity index (χ1n) is 8.82. The van der Waals surface area contributed by atoms with Crippen molar-refractivity contribution < 1.29 is 17.6 Å². The highest BCUT2D eigenvalue weighted by atomic mass is 127. The maximum atomic E-state index is 13.7.